The second-order valence-electron chi connectivity index (χ2n) is 6.31. The molecule has 0 amide bonds. The second-order valence-corrected chi connectivity index (χ2v) is 9.07. The molecule has 2 nitrogen and oxygen atoms in total. The van der Waals surface area contributed by atoms with Crippen molar-refractivity contribution in [3.63, 3.8) is 0 Å². The van der Waals surface area contributed by atoms with Gasteiger partial charge in [-0.15, -0.1) is 0 Å². The molecule has 0 N–H and O–H groups in total. The lowest BCUT2D eigenvalue weighted by atomic mass is 10.00. The third kappa shape index (κ3) is 2.84. The minimum Gasteiger partial charge on any atom is -0.275 e. The molecule has 0 aromatic heterocycles. The van der Waals surface area contributed by atoms with Gasteiger partial charge < -0.3 is 0 Å². The van der Waals surface area contributed by atoms with Crippen molar-refractivity contribution < 1.29 is 0 Å². The average Bonchev–Trinajstić information content (AvgIpc) is 2.65. The first-order valence-electron chi connectivity index (χ1n) is 7.89. The number of aryl methyl sites for hydroxylation is 2. The normalized spacial score (nSPS) is 15.0. The Morgan fingerprint density at radius 3 is 1.55 bits per heavy atom. The third-order valence-electron chi connectivity index (χ3n) is 4.41. The van der Waals surface area contributed by atoms with E-state index in [0.717, 1.165) is 12.8 Å². The number of hydrogen-bond acceptors (Lipinski definition) is 2. The maximum Gasteiger partial charge on any atom is 0.0567 e. The van der Waals surface area contributed by atoms with Crippen LogP contribution in [0, 0.1) is 0 Å². The topological polar surface area (TPSA) is 6.48 Å². The quantitative estimate of drug-likeness (QED) is 0.779. The highest BCUT2D eigenvalue weighted by Crippen LogP contribution is 2.59. The summed E-state index contributed by atoms with van der Waals surface area (Å²) in [7, 11) is 8.42. The highest BCUT2D eigenvalue weighted by atomic mass is 31.1. The van der Waals surface area contributed by atoms with Crippen LogP contribution in [0.2, 0.25) is 0 Å². The molecule has 0 saturated heterocycles. The van der Waals surface area contributed by atoms with Crippen molar-refractivity contribution in [1.82, 2.24) is 9.34 Å². The van der Waals surface area contributed by atoms with Gasteiger partial charge in [0.1, 0.15) is 0 Å². The van der Waals surface area contributed by atoms with E-state index in [4.69, 9.17) is 0 Å². The summed E-state index contributed by atoms with van der Waals surface area (Å²) in [5.74, 6) is 0. The minimum atomic E-state index is -0.420. The van der Waals surface area contributed by atoms with Crippen LogP contribution < -0.4 is 0 Å². The number of fused-ring (bicyclic) bond motifs is 2. The summed E-state index contributed by atoms with van der Waals surface area (Å²) in [4.78, 5) is 0. The zero-order valence-electron chi connectivity index (χ0n) is 14.0. The fraction of sp³-hybridized carbons (Fsp3) is 0.368. The van der Waals surface area contributed by atoms with E-state index in [1.807, 2.05) is 0 Å². The summed E-state index contributed by atoms with van der Waals surface area (Å²) >= 11 is 0. The Labute approximate surface area is 135 Å². The van der Waals surface area contributed by atoms with Gasteiger partial charge in [0.15, 0.2) is 0 Å². The van der Waals surface area contributed by atoms with E-state index in [2.05, 4.69) is 86.1 Å². The van der Waals surface area contributed by atoms with E-state index in [0.29, 0.717) is 5.66 Å². The lowest BCUT2D eigenvalue weighted by molar-refractivity contribution is 0.564. The van der Waals surface area contributed by atoms with Gasteiger partial charge in [-0.2, -0.15) is 0 Å². The molecule has 22 heavy (non-hydrogen) atoms. The maximum absolute atomic E-state index is 2.40. The summed E-state index contributed by atoms with van der Waals surface area (Å²) in [6, 6.07) is 18.0. The van der Waals surface area contributed by atoms with Crippen LogP contribution in [0.4, 0.5) is 0 Å². The van der Waals surface area contributed by atoms with Crippen molar-refractivity contribution in [3.8, 4) is 0 Å². The summed E-state index contributed by atoms with van der Waals surface area (Å²) in [5, 5.41) is 0. The van der Waals surface area contributed by atoms with E-state index in [1.165, 1.54) is 22.3 Å². The van der Waals surface area contributed by atoms with Crippen molar-refractivity contribution in [3.05, 3.63) is 70.8 Å². The number of benzene rings is 2. The van der Waals surface area contributed by atoms with Gasteiger partial charge in [0.05, 0.1) is 13.9 Å². The van der Waals surface area contributed by atoms with Gasteiger partial charge in [0.25, 0.3) is 0 Å². The molecule has 3 heteroatoms. The number of hydrogen-bond donors (Lipinski definition) is 0. The monoisotopic (exact) mass is 312 g/mol. The zero-order valence-corrected chi connectivity index (χ0v) is 14.8. The van der Waals surface area contributed by atoms with E-state index in [-0.39, 0.29) is 0 Å². The van der Waals surface area contributed by atoms with Gasteiger partial charge in [-0.3, -0.25) is 9.34 Å². The molecule has 2 aromatic carbocycles. The van der Waals surface area contributed by atoms with Crippen LogP contribution in [0.3, 0.4) is 0 Å². The molecule has 0 heterocycles. The van der Waals surface area contributed by atoms with Crippen LogP contribution in [0.15, 0.2) is 48.5 Å². The molecule has 1 aliphatic carbocycles. The Morgan fingerprint density at radius 2 is 1.14 bits per heavy atom. The summed E-state index contributed by atoms with van der Waals surface area (Å²) in [6.45, 7) is 0. The second kappa shape index (κ2) is 6.50. The van der Waals surface area contributed by atoms with Gasteiger partial charge in [-0.25, -0.2) is 0 Å². The fourth-order valence-corrected chi connectivity index (χ4v) is 6.20. The van der Waals surface area contributed by atoms with Gasteiger partial charge in [-0.05, 0) is 63.3 Å². The molecular formula is C19H25N2P. The molecule has 0 aliphatic heterocycles. The zero-order chi connectivity index (χ0) is 15.7. The average molecular weight is 312 g/mol. The van der Waals surface area contributed by atoms with E-state index in [1.54, 1.807) is 0 Å². The molecular weight excluding hydrogens is 287 g/mol. The maximum atomic E-state index is 2.40. The van der Waals surface area contributed by atoms with Gasteiger partial charge in [0, 0.05) is 0 Å². The van der Waals surface area contributed by atoms with Crippen LogP contribution in [-0.2, 0) is 12.8 Å². The van der Waals surface area contributed by atoms with Crippen molar-refractivity contribution >= 4 is 8.22 Å². The molecule has 116 valence electrons. The Morgan fingerprint density at radius 1 is 0.727 bits per heavy atom. The van der Waals surface area contributed by atoms with Crippen LogP contribution in [0.25, 0.3) is 0 Å². The van der Waals surface area contributed by atoms with E-state index in [9.17, 15) is 0 Å². The van der Waals surface area contributed by atoms with E-state index < -0.39 is 8.22 Å². The van der Waals surface area contributed by atoms with Crippen molar-refractivity contribution in [2.75, 3.05) is 28.2 Å². The Hall–Kier alpha value is -1.21. The molecule has 0 radical (unpaired) electrons. The van der Waals surface area contributed by atoms with Gasteiger partial charge >= 0.3 is 0 Å². The van der Waals surface area contributed by atoms with Crippen molar-refractivity contribution in [1.29, 1.82) is 0 Å². The van der Waals surface area contributed by atoms with Crippen LogP contribution in [-0.4, -0.2) is 37.5 Å². The van der Waals surface area contributed by atoms with Gasteiger partial charge in [0.2, 0.25) is 0 Å². The summed E-state index contributed by atoms with van der Waals surface area (Å²) in [5.41, 5.74) is 6.51. The van der Waals surface area contributed by atoms with Gasteiger partial charge in [-0.1, -0.05) is 48.5 Å². The van der Waals surface area contributed by atoms with Crippen LogP contribution in [0.1, 0.15) is 27.9 Å². The molecule has 3 rings (SSSR count). The number of nitrogens with zero attached hydrogens (tertiary/aromatic N) is 2. The van der Waals surface area contributed by atoms with E-state index >= 15 is 0 Å². The largest absolute Gasteiger partial charge is 0.275 e. The first kappa shape index (κ1) is 15.7. The first-order valence-corrected chi connectivity index (χ1v) is 9.20. The van der Waals surface area contributed by atoms with Crippen molar-refractivity contribution in [2.24, 2.45) is 0 Å². The summed E-state index contributed by atoms with van der Waals surface area (Å²) < 4.78 is 4.80. The van der Waals surface area contributed by atoms with Crippen LogP contribution >= 0.6 is 8.22 Å². The highest BCUT2D eigenvalue weighted by Gasteiger charge is 2.33. The molecule has 2 aromatic rings. The minimum absolute atomic E-state index is 0.420. The Bertz CT molecular complexity index is 596. The van der Waals surface area contributed by atoms with Crippen LogP contribution in [0.5, 0.6) is 0 Å². The standard InChI is InChI=1S/C19H25N2P/c1-20(2)22(21(3)4)19-17-11-7-5-9-15(17)13-14-16-10-6-8-12-18(16)19/h5-12,19H,13-14H2,1-4H3. The molecule has 0 spiro atoms. The molecule has 0 fully saturated rings. The predicted octanol–water partition coefficient (Wildman–Crippen LogP) is 4.31. The molecule has 0 unspecified atom stereocenters. The smallest absolute Gasteiger partial charge is 0.0567 e. The lowest BCUT2D eigenvalue weighted by Crippen LogP contribution is -2.22. The van der Waals surface area contributed by atoms with Crippen molar-refractivity contribution in [2.45, 2.75) is 18.5 Å². The summed E-state index contributed by atoms with van der Waals surface area (Å²) in [6.07, 6.45) is 2.29. The molecule has 0 saturated carbocycles. The predicted molar refractivity (Wildman–Crippen MR) is 96.4 cm³/mol. The number of rotatable bonds is 3. The Kier molecular flexibility index (Phi) is 4.63. The highest BCUT2D eigenvalue weighted by molar-refractivity contribution is 7.53. The third-order valence-corrected chi connectivity index (χ3v) is 7.07. The SMILES string of the molecule is CN(C)P(C1c2ccccc2CCc2ccccc21)N(C)C. The first-order chi connectivity index (χ1) is 10.6. The molecule has 1 aliphatic rings. The molecule has 0 bridgehead atoms. The molecule has 0 atom stereocenters. The Balaban J connectivity index is 2.21. The fourth-order valence-electron chi connectivity index (χ4n) is 3.56. The lowest BCUT2D eigenvalue weighted by Gasteiger charge is -2.38.